The molecule has 0 heterocycles. The van der Waals surface area contributed by atoms with Crippen LogP contribution in [0.25, 0.3) is 0 Å². The van der Waals surface area contributed by atoms with E-state index in [9.17, 15) is 0 Å². The zero-order valence-electron chi connectivity index (χ0n) is 12.5. The van der Waals surface area contributed by atoms with Crippen LogP contribution in [0, 0.1) is 0 Å². The van der Waals surface area contributed by atoms with Crippen molar-refractivity contribution in [2.45, 2.75) is 40.1 Å². The molecular weight excluding hydrogens is 324 g/mol. The summed E-state index contributed by atoms with van der Waals surface area (Å²) in [4.78, 5) is 0. The summed E-state index contributed by atoms with van der Waals surface area (Å²) in [7, 11) is 0. The van der Waals surface area contributed by atoms with Gasteiger partial charge in [-0.2, -0.15) is 0 Å². The van der Waals surface area contributed by atoms with Crippen molar-refractivity contribution in [2.75, 3.05) is 19.8 Å². The van der Waals surface area contributed by atoms with Crippen LogP contribution in [0.5, 0.6) is 11.5 Å². The van der Waals surface area contributed by atoms with Crippen molar-refractivity contribution in [3.05, 3.63) is 22.7 Å². The molecule has 0 aliphatic rings. The molecule has 1 aromatic rings. The van der Waals surface area contributed by atoms with Gasteiger partial charge < -0.3 is 18.9 Å². The third-order valence-corrected chi connectivity index (χ3v) is 2.97. The van der Waals surface area contributed by atoms with E-state index in [1.807, 2.05) is 45.9 Å². The number of hydrogen-bond donors (Lipinski definition) is 0. The highest BCUT2D eigenvalue weighted by Gasteiger charge is 2.11. The number of halogens is 1. The summed E-state index contributed by atoms with van der Waals surface area (Å²) in [6, 6.07) is 5.65. The van der Waals surface area contributed by atoms with Crippen molar-refractivity contribution in [2.24, 2.45) is 0 Å². The average molecular weight is 347 g/mol. The van der Waals surface area contributed by atoms with Gasteiger partial charge in [0, 0.05) is 13.2 Å². The maximum Gasteiger partial charge on any atom is 0.191 e. The minimum absolute atomic E-state index is 0.147. The summed E-state index contributed by atoms with van der Waals surface area (Å²) < 4.78 is 23.0. The first-order chi connectivity index (χ1) is 9.56. The fourth-order valence-electron chi connectivity index (χ4n) is 1.62. The first kappa shape index (κ1) is 17.3. The Morgan fingerprint density at radius 3 is 2.25 bits per heavy atom. The first-order valence-electron chi connectivity index (χ1n) is 6.89. The van der Waals surface area contributed by atoms with Crippen LogP contribution in [0.4, 0.5) is 0 Å². The van der Waals surface area contributed by atoms with Crippen molar-refractivity contribution in [1.29, 1.82) is 0 Å². The molecule has 0 bridgehead atoms. The second-order valence-corrected chi connectivity index (χ2v) is 5.26. The van der Waals surface area contributed by atoms with Gasteiger partial charge in [-0.05, 0) is 61.8 Å². The molecule has 0 N–H and O–H groups in total. The van der Waals surface area contributed by atoms with E-state index in [1.165, 1.54) is 0 Å². The van der Waals surface area contributed by atoms with E-state index in [1.54, 1.807) is 0 Å². The molecule has 0 saturated heterocycles. The molecule has 20 heavy (non-hydrogen) atoms. The highest BCUT2D eigenvalue weighted by Crippen LogP contribution is 2.29. The molecule has 114 valence electrons. The molecule has 4 nitrogen and oxygen atoms in total. The number of hydrogen-bond acceptors (Lipinski definition) is 4. The first-order valence-corrected chi connectivity index (χ1v) is 7.68. The van der Waals surface area contributed by atoms with Gasteiger partial charge in [0.05, 0.1) is 10.6 Å². The highest BCUT2D eigenvalue weighted by atomic mass is 79.9. The maximum atomic E-state index is 5.71. The summed E-state index contributed by atoms with van der Waals surface area (Å²) in [6.45, 7) is 9.39. The molecule has 0 aliphatic heterocycles. The summed E-state index contributed by atoms with van der Waals surface area (Å²) in [6.07, 6.45) is -0.197. The average Bonchev–Trinajstić information content (AvgIpc) is 2.37. The van der Waals surface area contributed by atoms with E-state index in [-0.39, 0.29) is 12.4 Å². The lowest BCUT2D eigenvalue weighted by atomic mass is 10.3. The molecule has 0 saturated carbocycles. The van der Waals surface area contributed by atoms with E-state index in [4.69, 9.17) is 18.9 Å². The standard InChI is InChI=1S/C15H23BrO4/c1-5-17-15(18-6-2)10-19-14-8-7-12(9-13(14)16)20-11(3)4/h7-9,11,15H,5-6,10H2,1-4H3. The molecule has 0 spiro atoms. The second-order valence-electron chi connectivity index (χ2n) is 4.41. The minimum atomic E-state index is -0.344. The Labute approximate surface area is 129 Å². The van der Waals surface area contributed by atoms with E-state index >= 15 is 0 Å². The molecule has 5 heteroatoms. The largest absolute Gasteiger partial charge is 0.491 e. The summed E-state index contributed by atoms with van der Waals surface area (Å²) in [5.41, 5.74) is 0. The SMILES string of the molecule is CCOC(COc1ccc(OC(C)C)cc1Br)OCC. The summed E-state index contributed by atoms with van der Waals surface area (Å²) in [5, 5.41) is 0. The van der Waals surface area contributed by atoms with E-state index < -0.39 is 0 Å². The van der Waals surface area contributed by atoms with Gasteiger partial charge in [-0.15, -0.1) is 0 Å². The predicted molar refractivity (Wildman–Crippen MR) is 82.4 cm³/mol. The molecule has 0 atom stereocenters. The topological polar surface area (TPSA) is 36.9 Å². The van der Waals surface area contributed by atoms with Crippen molar-refractivity contribution < 1.29 is 18.9 Å². The normalized spacial score (nSPS) is 11.2. The van der Waals surface area contributed by atoms with Gasteiger partial charge in [-0.25, -0.2) is 0 Å². The van der Waals surface area contributed by atoms with Crippen molar-refractivity contribution in [3.63, 3.8) is 0 Å². The third-order valence-electron chi connectivity index (χ3n) is 2.36. The Hall–Kier alpha value is -0.780. The fourth-order valence-corrected chi connectivity index (χ4v) is 2.09. The van der Waals surface area contributed by atoms with Crippen LogP contribution in [0.15, 0.2) is 22.7 Å². The lowest BCUT2D eigenvalue weighted by molar-refractivity contribution is -0.152. The van der Waals surface area contributed by atoms with Crippen LogP contribution in [0.2, 0.25) is 0 Å². The Balaban J connectivity index is 2.58. The van der Waals surface area contributed by atoms with Crippen LogP contribution in [0.3, 0.4) is 0 Å². The van der Waals surface area contributed by atoms with Crippen molar-refractivity contribution >= 4 is 15.9 Å². The van der Waals surface area contributed by atoms with Crippen LogP contribution in [0.1, 0.15) is 27.7 Å². The Kier molecular flexibility index (Phi) is 7.95. The predicted octanol–water partition coefficient (Wildman–Crippen LogP) is 4.01. The van der Waals surface area contributed by atoms with Gasteiger partial charge in [0.2, 0.25) is 0 Å². The third kappa shape index (κ3) is 6.11. The zero-order valence-corrected chi connectivity index (χ0v) is 14.1. The second kappa shape index (κ2) is 9.21. The van der Waals surface area contributed by atoms with Gasteiger partial charge in [-0.3, -0.25) is 0 Å². The monoisotopic (exact) mass is 346 g/mol. The van der Waals surface area contributed by atoms with Crippen molar-refractivity contribution in [3.8, 4) is 11.5 Å². The van der Waals surface area contributed by atoms with E-state index in [0.717, 1.165) is 16.0 Å². The van der Waals surface area contributed by atoms with Crippen LogP contribution in [-0.4, -0.2) is 32.2 Å². The van der Waals surface area contributed by atoms with Crippen LogP contribution < -0.4 is 9.47 Å². The van der Waals surface area contributed by atoms with Gasteiger partial charge in [0.15, 0.2) is 6.29 Å². The molecule has 0 amide bonds. The molecule has 1 rings (SSSR count). The van der Waals surface area contributed by atoms with Crippen molar-refractivity contribution in [1.82, 2.24) is 0 Å². The molecule has 0 aliphatic carbocycles. The minimum Gasteiger partial charge on any atom is -0.491 e. The molecule has 0 unspecified atom stereocenters. The van der Waals surface area contributed by atoms with Gasteiger partial charge in [-0.1, -0.05) is 0 Å². The highest BCUT2D eigenvalue weighted by molar-refractivity contribution is 9.10. The van der Waals surface area contributed by atoms with E-state index in [2.05, 4.69) is 15.9 Å². The van der Waals surface area contributed by atoms with Gasteiger partial charge in [0.25, 0.3) is 0 Å². The number of rotatable bonds is 9. The quantitative estimate of drug-likeness (QED) is 0.633. The van der Waals surface area contributed by atoms with Crippen LogP contribution in [-0.2, 0) is 9.47 Å². The smallest absolute Gasteiger partial charge is 0.191 e. The molecule has 0 fully saturated rings. The fraction of sp³-hybridized carbons (Fsp3) is 0.600. The molecule has 1 aromatic carbocycles. The molecular formula is C15H23BrO4. The molecule has 0 radical (unpaired) electrons. The number of benzene rings is 1. The van der Waals surface area contributed by atoms with E-state index in [0.29, 0.717) is 19.8 Å². The van der Waals surface area contributed by atoms with Crippen LogP contribution >= 0.6 is 15.9 Å². The number of ether oxygens (including phenoxy) is 4. The molecule has 0 aromatic heterocycles. The lowest BCUT2D eigenvalue weighted by Gasteiger charge is -2.18. The Morgan fingerprint density at radius 1 is 1.10 bits per heavy atom. The summed E-state index contributed by atoms with van der Waals surface area (Å²) in [5.74, 6) is 1.55. The zero-order chi connectivity index (χ0) is 15.0. The Bertz CT molecular complexity index is 389. The maximum absolute atomic E-state index is 5.71. The van der Waals surface area contributed by atoms with Gasteiger partial charge in [0.1, 0.15) is 18.1 Å². The summed E-state index contributed by atoms with van der Waals surface area (Å²) >= 11 is 3.48. The lowest BCUT2D eigenvalue weighted by Crippen LogP contribution is -2.25. The van der Waals surface area contributed by atoms with Gasteiger partial charge >= 0.3 is 0 Å². The Morgan fingerprint density at radius 2 is 1.75 bits per heavy atom.